The average Bonchev–Trinajstić information content (AvgIpc) is 2.67. The Morgan fingerprint density at radius 3 is 2.15 bits per heavy atom. The molecule has 3 nitrogen and oxygen atoms in total. The van der Waals surface area contributed by atoms with Crippen LogP contribution < -0.4 is 0 Å². The molecule has 1 heterocycles. The van der Waals surface area contributed by atoms with E-state index in [1.807, 2.05) is 0 Å². The van der Waals surface area contributed by atoms with Crippen molar-refractivity contribution in [1.29, 1.82) is 0 Å². The lowest BCUT2D eigenvalue weighted by Crippen LogP contribution is -2.49. The van der Waals surface area contributed by atoms with Gasteiger partial charge < -0.3 is 4.90 Å². The fourth-order valence-electron chi connectivity index (χ4n) is 3.14. The van der Waals surface area contributed by atoms with E-state index in [1.165, 1.54) is 18.2 Å². The van der Waals surface area contributed by atoms with Gasteiger partial charge in [0.2, 0.25) is 0 Å². The number of alkyl halides is 3. The number of carbonyl (C=O) groups is 1. The minimum absolute atomic E-state index is 0.214. The number of halogens is 4. The molecule has 27 heavy (non-hydrogen) atoms. The van der Waals surface area contributed by atoms with E-state index in [2.05, 4.69) is 4.90 Å². The molecule has 1 aliphatic rings. The van der Waals surface area contributed by atoms with Crippen LogP contribution in [-0.2, 0) is 12.6 Å². The molecule has 0 bridgehead atoms. The Morgan fingerprint density at radius 2 is 1.56 bits per heavy atom. The lowest BCUT2D eigenvalue weighted by molar-refractivity contribution is -0.137. The Morgan fingerprint density at radius 1 is 0.926 bits per heavy atom. The quantitative estimate of drug-likeness (QED) is 0.753. The van der Waals surface area contributed by atoms with Gasteiger partial charge in [0.25, 0.3) is 5.91 Å². The zero-order chi connectivity index (χ0) is 19.4. The van der Waals surface area contributed by atoms with E-state index in [4.69, 9.17) is 0 Å². The molecule has 0 aliphatic carbocycles. The summed E-state index contributed by atoms with van der Waals surface area (Å²) in [5.74, 6) is -0.480. The molecule has 0 atom stereocenters. The lowest BCUT2D eigenvalue weighted by atomic mass is 10.1. The molecule has 0 N–H and O–H groups in total. The van der Waals surface area contributed by atoms with Gasteiger partial charge in [0.15, 0.2) is 0 Å². The first kappa shape index (κ1) is 19.4. The van der Waals surface area contributed by atoms with Crippen molar-refractivity contribution in [3.8, 4) is 0 Å². The largest absolute Gasteiger partial charge is 0.416 e. The summed E-state index contributed by atoms with van der Waals surface area (Å²) in [7, 11) is 0. The molecule has 3 rings (SSSR count). The monoisotopic (exact) mass is 380 g/mol. The predicted molar refractivity (Wildman–Crippen MR) is 93.9 cm³/mol. The molecule has 2 aromatic carbocycles. The molecule has 1 fully saturated rings. The van der Waals surface area contributed by atoms with Crippen LogP contribution in [0.3, 0.4) is 0 Å². The lowest BCUT2D eigenvalue weighted by Gasteiger charge is -2.34. The smallest absolute Gasteiger partial charge is 0.336 e. The molecule has 1 amide bonds. The van der Waals surface area contributed by atoms with E-state index < -0.39 is 11.7 Å². The fourth-order valence-corrected chi connectivity index (χ4v) is 3.14. The van der Waals surface area contributed by atoms with Gasteiger partial charge in [-0.1, -0.05) is 18.2 Å². The van der Waals surface area contributed by atoms with E-state index in [1.54, 1.807) is 23.1 Å². The Labute approximate surface area is 155 Å². The zero-order valence-electron chi connectivity index (χ0n) is 14.7. The summed E-state index contributed by atoms with van der Waals surface area (Å²) in [5.41, 5.74) is 0.153. The van der Waals surface area contributed by atoms with Gasteiger partial charge in [-0.15, -0.1) is 0 Å². The summed E-state index contributed by atoms with van der Waals surface area (Å²) in [4.78, 5) is 16.3. The van der Waals surface area contributed by atoms with E-state index in [9.17, 15) is 22.4 Å². The maximum Gasteiger partial charge on any atom is 0.416 e. The molecule has 1 saturated heterocycles. The topological polar surface area (TPSA) is 23.6 Å². The van der Waals surface area contributed by atoms with Gasteiger partial charge in [-0.05, 0) is 42.3 Å². The number of rotatable bonds is 4. The van der Waals surface area contributed by atoms with Crippen molar-refractivity contribution in [2.75, 3.05) is 32.7 Å². The van der Waals surface area contributed by atoms with Crippen LogP contribution in [0.1, 0.15) is 21.5 Å². The Kier molecular flexibility index (Phi) is 5.79. The van der Waals surface area contributed by atoms with Gasteiger partial charge in [0.1, 0.15) is 5.82 Å². The maximum atomic E-state index is 13.7. The van der Waals surface area contributed by atoms with Crippen molar-refractivity contribution in [3.05, 3.63) is 71.0 Å². The van der Waals surface area contributed by atoms with Gasteiger partial charge >= 0.3 is 6.18 Å². The van der Waals surface area contributed by atoms with Crippen molar-refractivity contribution >= 4 is 5.91 Å². The van der Waals surface area contributed by atoms with E-state index >= 15 is 0 Å². The first-order chi connectivity index (χ1) is 12.8. The molecule has 0 radical (unpaired) electrons. The number of hydrogen-bond donors (Lipinski definition) is 0. The highest BCUT2D eigenvalue weighted by Crippen LogP contribution is 2.29. The third-order valence-corrected chi connectivity index (χ3v) is 4.77. The number of benzene rings is 2. The second-order valence-corrected chi connectivity index (χ2v) is 6.55. The summed E-state index contributed by atoms with van der Waals surface area (Å²) in [6, 6.07) is 11.0. The molecule has 7 heteroatoms. The molecule has 2 aromatic rings. The first-order valence-corrected chi connectivity index (χ1v) is 8.77. The Hall–Kier alpha value is -2.41. The third-order valence-electron chi connectivity index (χ3n) is 4.77. The minimum atomic E-state index is -4.41. The minimum Gasteiger partial charge on any atom is -0.336 e. The molecule has 144 valence electrons. The summed E-state index contributed by atoms with van der Waals surface area (Å²) in [6.07, 6.45) is -3.81. The molecule has 0 saturated carbocycles. The second kappa shape index (κ2) is 8.08. The number of carbonyl (C=O) groups excluding carboxylic acids is 1. The summed E-state index contributed by atoms with van der Waals surface area (Å²) < 4.78 is 51.5. The normalized spacial score (nSPS) is 15.8. The molecule has 1 aliphatic heterocycles. The predicted octanol–water partition coefficient (Wildman–Crippen LogP) is 3.85. The Bertz CT molecular complexity index is 781. The molecule has 0 spiro atoms. The molecular weight excluding hydrogens is 360 g/mol. The van der Waals surface area contributed by atoms with Crippen molar-refractivity contribution in [3.63, 3.8) is 0 Å². The number of hydrogen-bond acceptors (Lipinski definition) is 2. The Balaban J connectivity index is 1.51. The van der Waals surface area contributed by atoms with E-state index in [0.29, 0.717) is 44.7 Å². The highest BCUT2D eigenvalue weighted by molar-refractivity contribution is 5.94. The average molecular weight is 380 g/mol. The van der Waals surface area contributed by atoms with Crippen molar-refractivity contribution in [1.82, 2.24) is 9.80 Å². The van der Waals surface area contributed by atoms with Gasteiger partial charge in [-0.2, -0.15) is 13.2 Å². The number of nitrogens with zero attached hydrogens (tertiary/aromatic N) is 2. The SMILES string of the molecule is O=C(c1ccc(C(F)(F)F)cc1)N1CCN(CCc2ccccc2F)CC1. The third kappa shape index (κ3) is 4.86. The number of amides is 1. The van der Waals surface area contributed by atoms with Crippen LogP contribution in [0.2, 0.25) is 0 Å². The molecular formula is C20H20F4N2O. The van der Waals surface area contributed by atoms with Gasteiger partial charge in [-0.25, -0.2) is 4.39 Å². The maximum absolute atomic E-state index is 13.7. The fraction of sp³-hybridized carbons (Fsp3) is 0.350. The van der Waals surface area contributed by atoms with Gasteiger partial charge in [-0.3, -0.25) is 9.69 Å². The van der Waals surface area contributed by atoms with E-state index in [0.717, 1.165) is 12.1 Å². The first-order valence-electron chi connectivity index (χ1n) is 8.77. The van der Waals surface area contributed by atoms with Crippen LogP contribution in [0.4, 0.5) is 17.6 Å². The highest BCUT2D eigenvalue weighted by Gasteiger charge is 2.30. The van der Waals surface area contributed by atoms with Crippen LogP contribution in [0.5, 0.6) is 0 Å². The molecule has 0 unspecified atom stereocenters. The zero-order valence-corrected chi connectivity index (χ0v) is 14.7. The van der Waals surface area contributed by atoms with E-state index in [-0.39, 0.29) is 17.3 Å². The number of piperazine rings is 1. The standard InChI is InChI=1S/C20H20F4N2O/c21-18-4-2-1-3-15(18)9-10-25-11-13-26(14-12-25)19(27)16-5-7-17(8-6-16)20(22,23)24/h1-8H,9-14H2. The van der Waals surface area contributed by atoms with Gasteiger partial charge in [0, 0.05) is 38.3 Å². The summed E-state index contributed by atoms with van der Waals surface area (Å²) >= 11 is 0. The van der Waals surface area contributed by atoms with Crippen LogP contribution >= 0.6 is 0 Å². The van der Waals surface area contributed by atoms with Crippen LogP contribution in [0.15, 0.2) is 48.5 Å². The van der Waals surface area contributed by atoms with Crippen LogP contribution in [0, 0.1) is 5.82 Å². The van der Waals surface area contributed by atoms with Crippen molar-refractivity contribution < 1.29 is 22.4 Å². The summed E-state index contributed by atoms with van der Waals surface area (Å²) in [5, 5.41) is 0. The highest BCUT2D eigenvalue weighted by atomic mass is 19.4. The van der Waals surface area contributed by atoms with Crippen LogP contribution in [0.25, 0.3) is 0 Å². The second-order valence-electron chi connectivity index (χ2n) is 6.55. The van der Waals surface area contributed by atoms with Crippen molar-refractivity contribution in [2.45, 2.75) is 12.6 Å². The summed E-state index contributed by atoms with van der Waals surface area (Å²) in [6.45, 7) is 3.00. The van der Waals surface area contributed by atoms with Gasteiger partial charge in [0.05, 0.1) is 5.56 Å². The van der Waals surface area contributed by atoms with Crippen molar-refractivity contribution in [2.24, 2.45) is 0 Å². The molecule has 0 aromatic heterocycles. The van der Waals surface area contributed by atoms with Crippen LogP contribution in [-0.4, -0.2) is 48.4 Å².